The van der Waals surface area contributed by atoms with Gasteiger partial charge in [-0.3, -0.25) is 9.78 Å². The van der Waals surface area contributed by atoms with E-state index in [-0.39, 0.29) is 5.82 Å². The number of anilines is 3. The maximum atomic E-state index is 15.4. The van der Waals surface area contributed by atoms with Gasteiger partial charge in [0.2, 0.25) is 5.88 Å². The van der Waals surface area contributed by atoms with E-state index in [0.29, 0.717) is 51.6 Å². The van der Waals surface area contributed by atoms with Gasteiger partial charge >= 0.3 is 0 Å². The number of piperazine rings is 1. The lowest BCUT2D eigenvalue weighted by atomic mass is 10.1. The Bertz CT molecular complexity index is 1540. The zero-order valence-corrected chi connectivity index (χ0v) is 20.2. The highest BCUT2D eigenvalue weighted by Crippen LogP contribution is 2.35. The van der Waals surface area contributed by atoms with E-state index in [2.05, 4.69) is 54.6 Å². The lowest BCUT2D eigenvalue weighted by Gasteiger charge is -2.37. The van der Waals surface area contributed by atoms with Crippen LogP contribution in [0.15, 0.2) is 49.1 Å². The molecule has 2 aromatic carbocycles. The molecule has 0 spiro atoms. The summed E-state index contributed by atoms with van der Waals surface area (Å²) < 4.78 is 23.1. The quantitative estimate of drug-likeness (QED) is 0.340. The average Bonchev–Trinajstić information content (AvgIpc) is 3.42. The Hall–Kier alpha value is -4.25. The molecule has 10 nitrogen and oxygen atoms in total. The molecule has 11 heteroatoms. The summed E-state index contributed by atoms with van der Waals surface area (Å²) in [6.07, 6.45) is 4.91. The molecule has 2 atom stereocenters. The number of halogens is 1. The molecule has 0 saturated carbocycles. The molecular weight excluding hydrogens is 461 g/mol. The second-order valence-corrected chi connectivity index (χ2v) is 9.29. The van der Waals surface area contributed by atoms with Crippen LogP contribution in [0.1, 0.15) is 13.8 Å². The third kappa shape index (κ3) is 4.17. The molecule has 3 N–H and O–H groups in total. The highest BCUT2D eigenvalue weighted by Gasteiger charge is 2.23. The van der Waals surface area contributed by atoms with Gasteiger partial charge in [-0.1, -0.05) is 0 Å². The number of ether oxygens (including phenoxy) is 1. The molecule has 1 fully saturated rings. The largest absolute Gasteiger partial charge is 0.436 e. The van der Waals surface area contributed by atoms with Crippen LogP contribution in [0.25, 0.3) is 21.8 Å². The Morgan fingerprint density at radius 1 is 1.14 bits per heavy atom. The number of benzene rings is 2. The molecule has 0 radical (unpaired) electrons. The Labute approximate surface area is 206 Å². The predicted molar refractivity (Wildman–Crippen MR) is 136 cm³/mol. The highest BCUT2D eigenvalue weighted by molar-refractivity contribution is 5.95. The van der Waals surface area contributed by atoms with Gasteiger partial charge in [-0.15, -0.1) is 0 Å². The number of fused-ring (bicyclic) bond motifs is 2. The fourth-order valence-electron chi connectivity index (χ4n) is 4.86. The smallest absolute Gasteiger partial charge is 0.222 e. The van der Waals surface area contributed by atoms with Crippen LogP contribution < -0.4 is 20.3 Å². The number of aromatic nitrogens is 6. The van der Waals surface area contributed by atoms with Gasteiger partial charge in [0.25, 0.3) is 0 Å². The molecule has 4 heterocycles. The van der Waals surface area contributed by atoms with E-state index in [9.17, 15) is 0 Å². The molecule has 1 saturated heterocycles. The van der Waals surface area contributed by atoms with Gasteiger partial charge in [0.1, 0.15) is 17.7 Å². The van der Waals surface area contributed by atoms with Crippen LogP contribution >= 0.6 is 0 Å². The van der Waals surface area contributed by atoms with Crippen LogP contribution in [-0.4, -0.2) is 55.1 Å². The summed E-state index contributed by atoms with van der Waals surface area (Å²) in [5.74, 6) is 0.970. The summed E-state index contributed by atoms with van der Waals surface area (Å²) in [6, 6.07) is 9.58. The summed E-state index contributed by atoms with van der Waals surface area (Å²) >= 11 is 0. The van der Waals surface area contributed by atoms with Crippen LogP contribution in [-0.2, 0) is 7.05 Å². The summed E-state index contributed by atoms with van der Waals surface area (Å²) in [4.78, 5) is 10.3. The van der Waals surface area contributed by atoms with Crippen molar-refractivity contribution in [2.24, 2.45) is 7.05 Å². The van der Waals surface area contributed by atoms with Crippen molar-refractivity contribution >= 4 is 39.0 Å². The molecule has 36 heavy (non-hydrogen) atoms. The molecule has 5 aromatic rings. The fourth-order valence-corrected chi connectivity index (χ4v) is 4.86. The Kier molecular flexibility index (Phi) is 5.41. The SMILES string of the molecule is C[C@H]1CN(c2cc(F)c3c(Nc4cc(Oc5ccncn5)c5nn(C)cc5c4)n[nH]c3c2)C[C@H](C)N1. The molecule has 0 bridgehead atoms. The zero-order valence-electron chi connectivity index (χ0n) is 20.2. The van der Waals surface area contributed by atoms with Crippen molar-refractivity contribution in [2.75, 3.05) is 23.3 Å². The van der Waals surface area contributed by atoms with Crippen LogP contribution in [0.5, 0.6) is 11.6 Å². The van der Waals surface area contributed by atoms with Gasteiger partial charge in [0, 0.05) is 73.5 Å². The summed E-state index contributed by atoms with van der Waals surface area (Å²) in [5.41, 5.74) is 2.84. The van der Waals surface area contributed by atoms with Gasteiger partial charge in [0.15, 0.2) is 11.6 Å². The number of hydrogen-bond acceptors (Lipinski definition) is 8. The molecule has 184 valence electrons. The maximum absolute atomic E-state index is 15.4. The van der Waals surface area contributed by atoms with Crippen LogP contribution in [0.2, 0.25) is 0 Å². The van der Waals surface area contributed by atoms with Gasteiger partial charge in [0.05, 0.1) is 10.9 Å². The molecule has 0 amide bonds. The molecule has 6 rings (SSSR count). The standard InChI is InChI=1S/C25H26FN9O/c1-14-10-35(11-15(2)29-14)18-8-19(26)23-20(9-18)31-32-25(23)30-17-6-16-12-34(3)33-24(16)21(7-17)36-22-4-5-27-13-28-22/h4-9,12-15,29H,10-11H2,1-3H3,(H2,30,31,32)/t14-,15-/m0/s1. The Balaban J connectivity index is 1.34. The number of aromatic amines is 1. The highest BCUT2D eigenvalue weighted by atomic mass is 19.1. The average molecular weight is 488 g/mol. The summed E-state index contributed by atoms with van der Waals surface area (Å²) in [5, 5.41) is 19.9. The number of nitrogens with one attached hydrogen (secondary N) is 3. The van der Waals surface area contributed by atoms with E-state index < -0.39 is 0 Å². The first-order valence-electron chi connectivity index (χ1n) is 11.8. The van der Waals surface area contributed by atoms with E-state index in [1.807, 2.05) is 25.4 Å². The predicted octanol–water partition coefficient (Wildman–Crippen LogP) is 4.10. The molecule has 1 aliphatic rings. The first-order valence-corrected chi connectivity index (χ1v) is 11.8. The number of nitrogens with zero attached hydrogens (tertiary/aromatic N) is 6. The number of hydrogen-bond donors (Lipinski definition) is 3. The second kappa shape index (κ2) is 8.76. The van der Waals surface area contributed by atoms with Crippen molar-refractivity contribution in [3.63, 3.8) is 0 Å². The monoisotopic (exact) mass is 487 g/mol. The van der Waals surface area contributed by atoms with E-state index in [4.69, 9.17) is 4.74 Å². The molecule has 0 unspecified atom stereocenters. The minimum absolute atomic E-state index is 0.327. The Morgan fingerprint density at radius 3 is 2.75 bits per heavy atom. The maximum Gasteiger partial charge on any atom is 0.222 e. The zero-order chi connectivity index (χ0) is 24.8. The van der Waals surface area contributed by atoms with Crippen LogP contribution in [0, 0.1) is 5.82 Å². The van der Waals surface area contributed by atoms with E-state index in [0.717, 1.165) is 24.2 Å². The van der Waals surface area contributed by atoms with Crippen molar-refractivity contribution in [2.45, 2.75) is 25.9 Å². The summed E-state index contributed by atoms with van der Waals surface area (Å²) in [7, 11) is 1.84. The number of H-pyrrole nitrogens is 1. The topological polar surface area (TPSA) is 109 Å². The first-order chi connectivity index (χ1) is 17.4. The third-order valence-corrected chi connectivity index (χ3v) is 6.24. The van der Waals surface area contributed by atoms with Gasteiger partial charge in [-0.05, 0) is 32.0 Å². The van der Waals surface area contributed by atoms with Gasteiger partial charge < -0.3 is 20.3 Å². The fraction of sp³-hybridized carbons (Fsp3) is 0.280. The van der Waals surface area contributed by atoms with Gasteiger partial charge in [-0.25, -0.2) is 14.4 Å². The van der Waals surface area contributed by atoms with Crippen LogP contribution in [0.3, 0.4) is 0 Å². The van der Waals surface area contributed by atoms with Crippen molar-refractivity contribution < 1.29 is 9.13 Å². The molecule has 1 aliphatic heterocycles. The molecule has 0 aliphatic carbocycles. The van der Waals surface area contributed by atoms with Gasteiger partial charge in [-0.2, -0.15) is 10.2 Å². The summed E-state index contributed by atoms with van der Waals surface area (Å²) in [6.45, 7) is 5.90. The molecule has 3 aromatic heterocycles. The van der Waals surface area contributed by atoms with Crippen molar-refractivity contribution in [3.05, 3.63) is 54.9 Å². The van der Waals surface area contributed by atoms with Crippen molar-refractivity contribution in [3.8, 4) is 11.6 Å². The van der Waals surface area contributed by atoms with E-state index in [1.54, 1.807) is 29.1 Å². The number of aryl methyl sites for hydroxylation is 1. The molecular formula is C25H26FN9O. The number of rotatable bonds is 5. The van der Waals surface area contributed by atoms with E-state index in [1.165, 1.54) is 6.33 Å². The van der Waals surface area contributed by atoms with Crippen molar-refractivity contribution in [1.29, 1.82) is 0 Å². The van der Waals surface area contributed by atoms with Crippen LogP contribution in [0.4, 0.5) is 21.6 Å². The lowest BCUT2D eigenvalue weighted by Crippen LogP contribution is -2.54. The first kappa shape index (κ1) is 22.2. The van der Waals surface area contributed by atoms with Crippen molar-refractivity contribution in [1.82, 2.24) is 35.3 Å². The Morgan fingerprint density at radius 2 is 1.97 bits per heavy atom. The minimum Gasteiger partial charge on any atom is -0.436 e. The minimum atomic E-state index is -0.336. The van der Waals surface area contributed by atoms with E-state index >= 15 is 4.39 Å². The lowest BCUT2D eigenvalue weighted by molar-refractivity contribution is 0.407. The third-order valence-electron chi connectivity index (χ3n) is 6.24. The normalized spacial score (nSPS) is 18.2. The second-order valence-electron chi connectivity index (χ2n) is 9.29.